The smallest absolute Gasteiger partial charge is 0.131 e. The van der Waals surface area contributed by atoms with Crippen LogP contribution in [0.1, 0.15) is 24.1 Å². The second-order valence-electron chi connectivity index (χ2n) is 4.95. The molecule has 0 spiro atoms. The van der Waals surface area contributed by atoms with Crippen molar-refractivity contribution in [2.45, 2.75) is 18.7 Å². The van der Waals surface area contributed by atoms with Crippen LogP contribution in [0.25, 0.3) is 0 Å². The monoisotopic (exact) mass is 309 g/mol. The lowest BCUT2D eigenvalue weighted by atomic mass is 10.1. The van der Waals surface area contributed by atoms with E-state index >= 15 is 0 Å². The zero-order valence-corrected chi connectivity index (χ0v) is 12.7. The van der Waals surface area contributed by atoms with Gasteiger partial charge in [0, 0.05) is 40.1 Å². The van der Waals surface area contributed by atoms with Crippen LogP contribution in [-0.4, -0.2) is 10.5 Å². The predicted octanol–water partition coefficient (Wildman–Crippen LogP) is 4.02. The Kier molecular flexibility index (Phi) is 5.07. The minimum Gasteiger partial charge on any atom is -0.378 e. The fourth-order valence-electron chi connectivity index (χ4n) is 2.17. The maximum atomic E-state index is 13.7. The molecular weight excluding hydrogens is 292 g/mol. The molecule has 0 unspecified atom stereocenters. The summed E-state index contributed by atoms with van der Waals surface area (Å²) >= 11 is 0. The molecule has 2 aromatic rings. The molecular formula is C16H17F2NOS. The highest BCUT2D eigenvalue weighted by Crippen LogP contribution is 2.23. The largest absolute Gasteiger partial charge is 0.378 e. The molecule has 0 aliphatic rings. The third-order valence-corrected chi connectivity index (χ3v) is 3.85. The van der Waals surface area contributed by atoms with Crippen molar-refractivity contribution in [1.82, 2.24) is 0 Å². The molecule has 2 nitrogen and oxygen atoms in total. The highest BCUT2D eigenvalue weighted by Gasteiger charge is 2.11. The van der Waals surface area contributed by atoms with Crippen LogP contribution in [0.3, 0.4) is 0 Å². The SMILES string of the molecule is C[C@H](Nc1cccc(C[S@](C)=O)c1)c1ccc(F)cc1F. The Morgan fingerprint density at radius 2 is 1.95 bits per heavy atom. The van der Waals surface area contributed by atoms with Gasteiger partial charge >= 0.3 is 0 Å². The van der Waals surface area contributed by atoms with Gasteiger partial charge in [-0.2, -0.15) is 0 Å². The van der Waals surface area contributed by atoms with Crippen molar-refractivity contribution < 1.29 is 13.0 Å². The molecule has 0 radical (unpaired) electrons. The summed E-state index contributed by atoms with van der Waals surface area (Å²) in [6.07, 6.45) is 1.65. The standard InChI is InChI=1S/C16H17F2NOS/c1-11(15-7-6-13(17)9-16(15)18)19-14-5-3-4-12(8-14)10-21(2)20/h3-9,11,19H,10H2,1-2H3/t11-,21-/m0/s1. The first-order valence-electron chi connectivity index (χ1n) is 6.56. The minimum atomic E-state index is -0.909. The molecule has 0 heterocycles. The maximum absolute atomic E-state index is 13.7. The molecule has 0 saturated carbocycles. The summed E-state index contributed by atoms with van der Waals surface area (Å²) in [5.74, 6) is -0.675. The molecule has 0 bridgehead atoms. The normalized spacial score (nSPS) is 13.7. The Morgan fingerprint density at radius 1 is 1.19 bits per heavy atom. The number of hydrogen-bond donors (Lipinski definition) is 1. The second kappa shape index (κ2) is 6.80. The third kappa shape index (κ3) is 4.36. The van der Waals surface area contributed by atoms with Crippen LogP contribution in [0, 0.1) is 11.6 Å². The summed E-state index contributed by atoms with van der Waals surface area (Å²) in [4.78, 5) is 0. The number of halogens is 2. The van der Waals surface area contributed by atoms with Gasteiger partial charge in [-0.15, -0.1) is 0 Å². The van der Waals surface area contributed by atoms with Gasteiger partial charge in [-0.25, -0.2) is 8.78 Å². The van der Waals surface area contributed by atoms with Gasteiger partial charge in [-0.05, 0) is 30.7 Å². The Bertz CT molecular complexity index is 660. The molecule has 0 fully saturated rings. The van der Waals surface area contributed by atoms with Crippen LogP contribution in [0.5, 0.6) is 0 Å². The third-order valence-electron chi connectivity index (χ3n) is 3.11. The van der Waals surface area contributed by atoms with E-state index in [0.717, 1.165) is 17.3 Å². The van der Waals surface area contributed by atoms with Gasteiger partial charge in [0.1, 0.15) is 11.6 Å². The van der Waals surface area contributed by atoms with E-state index in [2.05, 4.69) is 5.32 Å². The maximum Gasteiger partial charge on any atom is 0.131 e. The molecule has 0 amide bonds. The summed E-state index contributed by atoms with van der Waals surface area (Å²) in [6, 6.07) is 10.8. The molecule has 0 aromatic heterocycles. The van der Waals surface area contributed by atoms with Crippen molar-refractivity contribution >= 4 is 16.5 Å². The van der Waals surface area contributed by atoms with Crippen molar-refractivity contribution in [3.8, 4) is 0 Å². The lowest BCUT2D eigenvalue weighted by Gasteiger charge is -2.17. The zero-order valence-electron chi connectivity index (χ0n) is 11.9. The molecule has 2 atom stereocenters. The summed E-state index contributed by atoms with van der Waals surface area (Å²) in [5.41, 5.74) is 2.17. The number of hydrogen-bond acceptors (Lipinski definition) is 2. The molecule has 0 aliphatic carbocycles. The second-order valence-corrected chi connectivity index (χ2v) is 6.38. The molecule has 5 heteroatoms. The van der Waals surface area contributed by atoms with Gasteiger partial charge < -0.3 is 5.32 Å². The number of nitrogens with one attached hydrogen (secondary N) is 1. The Balaban J connectivity index is 2.15. The van der Waals surface area contributed by atoms with Gasteiger partial charge in [-0.3, -0.25) is 4.21 Å². The molecule has 21 heavy (non-hydrogen) atoms. The van der Waals surface area contributed by atoms with Gasteiger partial charge in [0.05, 0.1) is 6.04 Å². The van der Waals surface area contributed by atoms with E-state index in [-0.39, 0.29) is 6.04 Å². The molecule has 2 aromatic carbocycles. The number of rotatable bonds is 5. The van der Waals surface area contributed by atoms with Gasteiger partial charge in [0.2, 0.25) is 0 Å². The van der Waals surface area contributed by atoms with Crippen molar-refractivity contribution in [2.24, 2.45) is 0 Å². The van der Waals surface area contributed by atoms with E-state index in [9.17, 15) is 13.0 Å². The molecule has 2 rings (SSSR count). The van der Waals surface area contributed by atoms with E-state index in [1.54, 1.807) is 13.2 Å². The zero-order chi connectivity index (χ0) is 15.4. The van der Waals surface area contributed by atoms with Crippen LogP contribution in [0.4, 0.5) is 14.5 Å². The van der Waals surface area contributed by atoms with Crippen LogP contribution < -0.4 is 5.32 Å². The van der Waals surface area contributed by atoms with E-state index in [4.69, 9.17) is 0 Å². The summed E-state index contributed by atoms with van der Waals surface area (Å²) in [7, 11) is -0.909. The average molecular weight is 309 g/mol. The van der Waals surface area contributed by atoms with Crippen molar-refractivity contribution in [3.63, 3.8) is 0 Å². The van der Waals surface area contributed by atoms with Crippen molar-refractivity contribution in [1.29, 1.82) is 0 Å². The molecule has 0 saturated heterocycles. The first-order valence-corrected chi connectivity index (χ1v) is 8.29. The Hall–Kier alpha value is -1.75. The van der Waals surface area contributed by atoms with E-state index in [1.807, 2.05) is 24.3 Å². The van der Waals surface area contributed by atoms with Gasteiger partial charge in [-0.1, -0.05) is 18.2 Å². The van der Waals surface area contributed by atoms with Crippen LogP contribution in [-0.2, 0) is 16.6 Å². The average Bonchev–Trinajstić information content (AvgIpc) is 2.37. The van der Waals surface area contributed by atoms with Crippen LogP contribution in [0.15, 0.2) is 42.5 Å². The van der Waals surface area contributed by atoms with Crippen molar-refractivity contribution in [3.05, 3.63) is 65.2 Å². The fraction of sp³-hybridized carbons (Fsp3) is 0.250. The van der Waals surface area contributed by atoms with Crippen LogP contribution >= 0.6 is 0 Å². The topological polar surface area (TPSA) is 29.1 Å². The predicted molar refractivity (Wildman–Crippen MR) is 82.6 cm³/mol. The quantitative estimate of drug-likeness (QED) is 0.904. The van der Waals surface area contributed by atoms with Gasteiger partial charge in [0.25, 0.3) is 0 Å². The molecule has 1 N–H and O–H groups in total. The Morgan fingerprint density at radius 3 is 2.62 bits per heavy atom. The van der Waals surface area contributed by atoms with E-state index < -0.39 is 22.4 Å². The summed E-state index contributed by atoms with van der Waals surface area (Å²) < 4.78 is 37.9. The first kappa shape index (κ1) is 15.6. The summed E-state index contributed by atoms with van der Waals surface area (Å²) in [6.45, 7) is 1.81. The highest BCUT2D eigenvalue weighted by atomic mass is 32.2. The van der Waals surface area contributed by atoms with Crippen LogP contribution in [0.2, 0.25) is 0 Å². The summed E-state index contributed by atoms with van der Waals surface area (Å²) in [5, 5.41) is 3.17. The number of benzene rings is 2. The van der Waals surface area contributed by atoms with E-state index in [1.165, 1.54) is 12.1 Å². The van der Waals surface area contributed by atoms with Crippen molar-refractivity contribution in [2.75, 3.05) is 11.6 Å². The lowest BCUT2D eigenvalue weighted by Crippen LogP contribution is -2.09. The fourth-order valence-corrected chi connectivity index (χ4v) is 2.82. The minimum absolute atomic E-state index is 0.298. The molecule has 0 aliphatic heterocycles. The number of anilines is 1. The van der Waals surface area contributed by atoms with Gasteiger partial charge in [0.15, 0.2) is 0 Å². The van der Waals surface area contributed by atoms with E-state index in [0.29, 0.717) is 11.3 Å². The lowest BCUT2D eigenvalue weighted by molar-refractivity contribution is 0.566. The highest BCUT2D eigenvalue weighted by molar-refractivity contribution is 7.83. The Labute approximate surface area is 125 Å². The molecule has 112 valence electrons. The first-order chi connectivity index (χ1) is 9.95.